The number of carbonyl (C=O) groups is 1. The fraction of sp³-hybridized carbons (Fsp3) is 0.654. The second-order valence-corrected chi connectivity index (χ2v) is 10.1. The summed E-state index contributed by atoms with van der Waals surface area (Å²) in [4.78, 5) is 21.5. The summed E-state index contributed by atoms with van der Waals surface area (Å²) in [6.45, 7) is 5.73. The number of likely N-dealkylation sites (tertiary alicyclic amines) is 2. The Morgan fingerprint density at radius 2 is 1.88 bits per heavy atom. The van der Waals surface area contributed by atoms with Crippen LogP contribution in [0, 0.1) is 6.92 Å². The van der Waals surface area contributed by atoms with Crippen LogP contribution in [-0.2, 0) is 16.8 Å². The van der Waals surface area contributed by atoms with Gasteiger partial charge in [-0.05, 0) is 57.6 Å². The molecule has 2 aromatic rings. The van der Waals surface area contributed by atoms with Crippen LogP contribution in [-0.4, -0.2) is 51.5 Å². The Hall–Kier alpha value is -2.21. The molecule has 0 radical (unpaired) electrons. The molecule has 1 amide bonds. The van der Waals surface area contributed by atoms with E-state index >= 15 is 0 Å². The molecule has 2 aliphatic heterocycles. The smallest absolute Gasteiger partial charge is 0.240 e. The summed E-state index contributed by atoms with van der Waals surface area (Å²) in [5.74, 6) is 1.93. The summed E-state index contributed by atoms with van der Waals surface area (Å²) < 4.78 is 5.83. The van der Waals surface area contributed by atoms with Crippen LogP contribution in [0.5, 0.6) is 0 Å². The molecule has 0 N–H and O–H groups in total. The molecule has 1 unspecified atom stereocenters. The first-order chi connectivity index (χ1) is 15.6. The zero-order chi connectivity index (χ0) is 22.0. The Balaban J connectivity index is 1.29. The van der Waals surface area contributed by atoms with Gasteiger partial charge in [0.25, 0.3) is 0 Å². The van der Waals surface area contributed by atoms with Gasteiger partial charge in [-0.15, -0.1) is 0 Å². The summed E-state index contributed by atoms with van der Waals surface area (Å²) in [6.07, 6.45) is 11.0. The molecule has 1 saturated carbocycles. The van der Waals surface area contributed by atoms with Crippen molar-refractivity contribution < 1.29 is 9.32 Å². The Kier molecular flexibility index (Phi) is 6.31. The van der Waals surface area contributed by atoms with E-state index in [0.717, 1.165) is 70.0 Å². The summed E-state index contributed by atoms with van der Waals surface area (Å²) in [6, 6.07) is 9.37. The number of hydrogen-bond donors (Lipinski definition) is 0. The van der Waals surface area contributed by atoms with Crippen LogP contribution >= 0.6 is 0 Å². The first kappa shape index (κ1) is 21.6. The van der Waals surface area contributed by atoms with Gasteiger partial charge in [-0.1, -0.05) is 54.2 Å². The molecule has 3 heterocycles. The molecule has 3 fully saturated rings. The second-order valence-electron chi connectivity index (χ2n) is 10.1. The zero-order valence-corrected chi connectivity index (χ0v) is 19.4. The lowest BCUT2D eigenvalue weighted by molar-refractivity contribution is -0.127. The van der Waals surface area contributed by atoms with E-state index in [9.17, 15) is 4.79 Å². The highest BCUT2D eigenvalue weighted by atomic mass is 16.5. The third kappa shape index (κ3) is 4.34. The molecule has 1 aromatic carbocycles. The number of benzene rings is 1. The van der Waals surface area contributed by atoms with Crippen molar-refractivity contribution in [2.75, 3.05) is 19.6 Å². The van der Waals surface area contributed by atoms with Gasteiger partial charge in [0.15, 0.2) is 5.82 Å². The minimum atomic E-state index is -0.104. The number of rotatable bonds is 7. The summed E-state index contributed by atoms with van der Waals surface area (Å²) in [5.41, 5.74) is 2.49. The molecule has 0 spiro atoms. The molecule has 0 bridgehead atoms. The number of piperidine rings is 1. The Labute approximate surface area is 191 Å². The first-order valence-electron chi connectivity index (χ1n) is 12.6. The SMILES string of the molecule is Cc1ccc(C2(c3noc(CN4CCCCC4CCN4CCCC4=O)n3)CCCC2)cc1. The van der Waals surface area contributed by atoms with Crippen LogP contribution in [0.2, 0.25) is 0 Å². The van der Waals surface area contributed by atoms with E-state index in [0.29, 0.717) is 11.9 Å². The van der Waals surface area contributed by atoms with Crippen molar-refractivity contribution in [3.8, 4) is 0 Å². The van der Waals surface area contributed by atoms with E-state index in [1.54, 1.807) is 0 Å². The van der Waals surface area contributed by atoms with E-state index in [1.807, 2.05) is 4.90 Å². The van der Waals surface area contributed by atoms with Gasteiger partial charge in [-0.2, -0.15) is 4.98 Å². The van der Waals surface area contributed by atoms with Gasteiger partial charge in [0.1, 0.15) is 0 Å². The normalized spacial score (nSPS) is 23.8. The van der Waals surface area contributed by atoms with Gasteiger partial charge < -0.3 is 9.42 Å². The Morgan fingerprint density at radius 1 is 1.06 bits per heavy atom. The van der Waals surface area contributed by atoms with E-state index in [-0.39, 0.29) is 5.41 Å². The van der Waals surface area contributed by atoms with Crippen molar-refractivity contribution in [3.05, 3.63) is 47.1 Å². The molecule has 5 rings (SSSR count). The topological polar surface area (TPSA) is 62.5 Å². The lowest BCUT2D eigenvalue weighted by atomic mass is 9.78. The van der Waals surface area contributed by atoms with Crippen LogP contribution in [0.3, 0.4) is 0 Å². The molecule has 3 aliphatic rings. The number of aromatic nitrogens is 2. The molecular formula is C26H36N4O2. The highest BCUT2D eigenvalue weighted by Gasteiger charge is 2.41. The largest absolute Gasteiger partial charge is 0.343 e. The molecule has 32 heavy (non-hydrogen) atoms. The molecule has 1 aliphatic carbocycles. The van der Waals surface area contributed by atoms with Crippen molar-refractivity contribution >= 4 is 5.91 Å². The molecule has 2 saturated heterocycles. The van der Waals surface area contributed by atoms with Gasteiger partial charge >= 0.3 is 0 Å². The van der Waals surface area contributed by atoms with Gasteiger partial charge in [0.2, 0.25) is 11.8 Å². The van der Waals surface area contributed by atoms with Crippen LogP contribution in [0.4, 0.5) is 0 Å². The van der Waals surface area contributed by atoms with Crippen LogP contribution in [0.15, 0.2) is 28.8 Å². The van der Waals surface area contributed by atoms with E-state index in [1.165, 1.54) is 43.2 Å². The third-order valence-electron chi connectivity index (χ3n) is 7.95. The number of hydrogen-bond acceptors (Lipinski definition) is 5. The maximum absolute atomic E-state index is 12.0. The molecule has 1 atom stereocenters. The predicted octanol–water partition coefficient (Wildman–Crippen LogP) is 4.61. The summed E-state index contributed by atoms with van der Waals surface area (Å²) >= 11 is 0. The van der Waals surface area contributed by atoms with E-state index in [2.05, 4.69) is 41.2 Å². The minimum Gasteiger partial charge on any atom is -0.343 e. The zero-order valence-electron chi connectivity index (χ0n) is 19.4. The maximum Gasteiger partial charge on any atom is 0.240 e. The number of carbonyl (C=O) groups excluding carboxylic acids is 1. The quantitative estimate of drug-likeness (QED) is 0.634. The lowest BCUT2D eigenvalue weighted by Crippen LogP contribution is -2.41. The molecule has 172 valence electrons. The number of aryl methyl sites for hydroxylation is 1. The Morgan fingerprint density at radius 3 is 2.62 bits per heavy atom. The molecule has 6 heteroatoms. The fourth-order valence-electron chi connectivity index (χ4n) is 6.02. The van der Waals surface area contributed by atoms with Crippen LogP contribution in [0.25, 0.3) is 0 Å². The van der Waals surface area contributed by atoms with Crippen molar-refractivity contribution in [1.29, 1.82) is 0 Å². The van der Waals surface area contributed by atoms with E-state index in [4.69, 9.17) is 9.51 Å². The van der Waals surface area contributed by atoms with Gasteiger partial charge in [-0.3, -0.25) is 9.69 Å². The standard InChI is InChI=1S/C26H36N4O2/c1-20-9-11-21(12-10-20)26(14-3-4-15-26)25-27-23(32-28-25)19-30-16-5-2-7-22(30)13-18-29-17-6-8-24(29)31/h9-12,22H,2-8,13-19H2,1H3. The highest BCUT2D eigenvalue weighted by molar-refractivity contribution is 5.78. The van der Waals surface area contributed by atoms with Crippen molar-refractivity contribution in [3.63, 3.8) is 0 Å². The highest BCUT2D eigenvalue weighted by Crippen LogP contribution is 2.45. The molecule has 6 nitrogen and oxygen atoms in total. The minimum absolute atomic E-state index is 0.104. The van der Waals surface area contributed by atoms with Crippen molar-refractivity contribution in [2.45, 2.75) is 89.1 Å². The maximum atomic E-state index is 12.0. The summed E-state index contributed by atoms with van der Waals surface area (Å²) in [7, 11) is 0. The second kappa shape index (κ2) is 9.34. The average Bonchev–Trinajstić information content (AvgIpc) is 3.55. The fourth-order valence-corrected chi connectivity index (χ4v) is 6.02. The van der Waals surface area contributed by atoms with Crippen molar-refractivity contribution in [1.82, 2.24) is 19.9 Å². The Bertz CT molecular complexity index is 916. The third-order valence-corrected chi connectivity index (χ3v) is 7.95. The average molecular weight is 437 g/mol. The number of nitrogens with zero attached hydrogens (tertiary/aromatic N) is 4. The van der Waals surface area contributed by atoms with Gasteiger partial charge in [0, 0.05) is 25.6 Å². The lowest BCUT2D eigenvalue weighted by Gasteiger charge is -2.35. The summed E-state index contributed by atoms with van der Waals surface area (Å²) in [5, 5.41) is 4.51. The number of amides is 1. The van der Waals surface area contributed by atoms with Crippen LogP contribution < -0.4 is 0 Å². The van der Waals surface area contributed by atoms with E-state index < -0.39 is 0 Å². The molecular weight excluding hydrogens is 400 g/mol. The monoisotopic (exact) mass is 436 g/mol. The van der Waals surface area contributed by atoms with Crippen molar-refractivity contribution in [2.24, 2.45) is 0 Å². The molecule has 1 aromatic heterocycles. The van der Waals surface area contributed by atoms with Gasteiger partial charge in [0.05, 0.1) is 12.0 Å². The van der Waals surface area contributed by atoms with Gasteiger partial charge in [-0.25, -0.2) is 0 Å². The predicted molar refractivity (Wildman–Crippen MR) is 123 cm³/mol. The van der Waals surface area contributed by atoms with Crippen LogP contribution in [0.1, 0.15) is 87.1 Å². The first-order valence-corrected chi connectivity index (χ1v) is 12.6.